The molecule has 0 radical (unpaired) electrons. The average Bonchev–Trinajstić information content (AvgIpc) is 2.94. The molecule has 4 nitrogen and oxygen atoms in total. The summed E-state index contributed by atoms with van der Waals surface area (Å²) in [6.45, 7) is 4.40. The van der Waals surface area contributed by atoms with Crippen LogP contribution in [0.5, 0.6) is 5.75 Å². The lowest BCUT2D eigenvalue weighted by Crippen LogP contribution is -2.48. The Labute approximate surface area is 126 Å². The minimum atomic E-state index is -0.382. The lowest BCUT2D eigenvalue weighted by Gasteiger charge is -2.38. The Kier molecular flexibility index (Phi) is 4.45. The predicted octanol–water partition coefficient (Wildman–Crippen LogP) is 2.04. The molecule has 2 aliphatic rings. The highest BCUT2D eigenvalue weighted by Crippen LogP contribution is 2.31. The van der Waals surface area contributed by atoms with Crippen molar-refractivity contribution >= 4 is 0 Å². The topological polar surface area (TPSA) is 30.9 Å². The minimum Gasteiger partial charge on any atom is -0.481 e. The van der Waals surface area contributed by atoms with Crippen molar-refractivity contribution in [3.63, 3.8) is 0 Å². The molecule has 1 aromatic rings. The number of benzene rings is 1. The molecule has 0 atom stereocenters. The summed E-state index contributed by atoms with van der Waals surface area (Å²) < 4.78 is 17.3. The summed E-state index contributed by atoms with van der Waals surface area (Å²) in [6, 6.07) is 8.05. The van der Waals surface area contributed by atoms with E-state index in [0.717, 1.165) is 43.8 Å². The van der Waals surface area contributed by atoms with E-state index in [-0.39, 0.29) is 5.79 Å². The van der Waals surface area contributed by atoms with Crippen LogP contribution in [0.1, 0.15) is 18.4 Å². The Balaban J connectivity index is 1.67. The van der Waals surface area contributed by atoms with E-state index < -0.39 is 0 Å². The SMILES string of the molecule is C#CCOc1ccccc1CN1CCCC2(C1)OCCO2. The first-order valence-electron chi connectivity index (χ1n) is 7.46. The van der Waals surface area contributed by atoms with E-state index in [4.69, 9.17) is 20.6 Å². The summed E-state index contributed by atoms with van der Waals surface area (Å²) in [5.41, 5.74) is 1.16. The Bertz CT molecular complexity index is 517. The molecule has 1 aromatic carbocycles. The quantitative estimate of drug-likeness (QED) is 0.793. The van der Waals surface area contributed by atoms with Crippen LogP contribution in [-0.2, 0) is 16.0 Å². The van der Waals surface area contributed by atoms with E-state index >= 15 is 0 Å². The van der Waals surface area contributed by atoms with Crippen LogP contribution < -0.4 is 4.74 Å². The van der Waals surface area contributed by atoms with Crippen LogP contribution in [-0.4, -0.2) is 43.6 Å². The lowest BCUT2D eigenvalue weighted by molar-refractivity contribution is -0.190. The molecule has 0 aliphatic carbocycles. The molecule has 2 aliphatic heterocycles. The summed E-state index contributed by atoms with van der Waals surface area (Å²) in [4.78, 5) is 2.37. The fourth-order valence-corrected chi connectivity index (χ4v) is 3.07. The van der Waals surface area contributed by atoms with Crippen molar-refractivity contribution in [2.75, 3.05) is 32.9 Å². The van der Waals surface area contributed by atoms with Gasteiger partial charge in [0.15, 0.2) is 5.79 Å². The molecule has 1 spiro atoms. The highest BCUT2D eigenvalue weighted by atomic mass is 16.7. The predicted molar refractivity (Wildman–Crippen MR) is 79.9 cm³/mol. The van der Waals surface area contributed by atoms with Gasteiger partial charge in [0.05, 0.1) is 19.8 Å². The van der Waals surface area contributed by atoms with Crippen LogP contribution >= 0.6 is 0 Å². The van der Waals surface area contributed by atoms with Crippen molar-refractivity contribution in [3.05, 3.63) is 29.8 Å². The van der Waals surface area contributed by atoms with Crippen molar-refractivity contribution in [2.24, 2.45) is 0 Å². The number of terminal acetylenes is 1. The molecule has 2 fully saturated rings. The van der Waals surface area contributed by atoms with E-state index in [1.165, 1.54) is 0 Å². The van der Waals surface area contributed by atoms with Crippen molar-refractivity contribution in [2.45, 2.75) is 25.2 Å². The molecule has 0 N–H and O–H groups in total. The number of ether oxygens (including phenoxy) is 3. The Hall–Kier alpha value is -1.54. The summed E-state index contributed by atoms with van der Waals surface area (Å²) in [7, 11) is 0. The molecule has 3 rings (SSSR count). The fraction of sp³-hybridized carbons (Fsp3) is 0.529. The normalized spacial score (nSPS) is 21.3. The summed E-state index contributed by atoms with van der Waals surface area (Å²) in [5.74, 6) is 2.99. The fourth-order valence-electron chi connectivity index (χ4n) is 3.07. The summed E-state index contributed by atoms with van der Waals surface area (Å²) in [6.07, 6.45) is 7.35. The summed E-state index contributed by atoms with van der Waals surface area (Å²) >= 11 is 0. The highest BCUT2D eigenvalue weighted by Gasteiger charge is 2.40. The van der Waals surface area contributed by atoms with E-state index in [9.17, 15) is 0 Å². The molecule has 0 saturated carbocycles. The monoisotopic (exact) mass is 287 g/mol. The van der Waals surface area contributed by atoms with Crippen LogP contribution in [0, 0.1) is 12.3 Å². The Morgan fingerprint density at radius 1 is 1.29 bits per heavy atom. The number of hydrogen-bond acceptors (Lipinski definition) is 4. The van der Waals surface area contributed by atoms with Crippen molar-refractivity contribution in [1.82, 2.24) is 4.90 Å². The molecule has 2 heterocycles. The van der Waals surface area contributed by atoms with Gasteiger partial charge in [-0.1, -0.05) is 24.1 Å². The van der Waals surface area contributed by atoms with Crippen molar-refractivity contribution < 1.29 is 14.2 Å². The second-order valence-corrected chi connectivity index (χ2v) is 5.52. The van der Waals surface area contributed by atoms with Gasteiger partial charge in [0.1, 0.15) is 12.4 Å². The number of hydrogen-bond donors (Lipinski definition) is 0. The number of rotatable bonds is 4. The summed E-state index contributed by atoms with van der Waals surface area (Å²) in [5, 5.41) is 0. The molecule has 0 unspecified atom stereocenters. The third kappa shape index (κ3) is 3.38. The van der Waals surface area contributed by atoms with Crippen LogP contribution in [0.15, 0.2) is 24.3 Å². The van der Waals surface area contributed by atoms with Gasteiger partial charge in [-0.25, -0.2) is 0 Å². The molecule has 2 saturated heterocycles. The molecule has 4 heteroatoms. The van der Waals surface area contributed by atoms with Gasteiger partial charge in [-0.2, -0.15) is 0 Å². The van der Waals surface area contributed by atoms with Crippen LogP contribution in [0.4, 0.5) is 0 Å². The first kappa shape index (κ1) is 14.4. The number of nitrogens with zero attached hydrogens (tertiary/aromatic N) is 1. The maximum Gasteiger partial charge on any atom is 0.181 e. The first-order valence-corrected chi connectivity index (χ1v) is 7.46. The molecule has 21 heavy (non-hydrogen) atoms. The molecular formula is C17H21NO3. The van der Waals surface area contributed by atoms with Crippen molar-refractivity contribution in [3.8, 4) is 18.1 Å². The maximum atomic E-state index is 5.82. The number of para-hydroxylation sites is 1. The third-order valence-corrected chi connectivity index (χ3v) is 3.99. The molecule has 0 bridgehead atoms. The minimum absolute atomic E-state index is 0.299. The zero-order valence-corrected chi connectivity index (χ0v) is 12.2. The van der Waals surface area contributed by atoms with E-state index in [1.54, 1.807) is 0 Å². The number of likely N-dealkylation sites (tertiary alicyclic amines) is 1. The van der Waals surface area contributed by atoms with Gasteiger partial charge in [0.2, 0.25) is 0 Å². The van der Waals surface area contributed by atoms with Crippen LogP contribution in [0.25, 0.3) is 0 Å². The Morgan fingerprint density at radius 2 is 2.10 bits per heavy atom. The van der Waals surface area contributed by atoms with E-state index in [1.807, 2.05) is 18.2 Å². The van der Waals surface area contributed by atoms with Gasteiger partial charge in [-0.15, -0.1) is 6.42 Å². The zero-order valence-electron chi connectivity index (χ0n) is 12.2. The van der Waals surface area contributed by atoms with Gasteiger partial charge < -0.3 is 14.2 Å². The van der Waals surface area contributed by atoms with Gasteiger partial charge >= 0.3 is 0 Å². The molecule has 0 aromatic heterocycles. The second kappa shape index (κ2) is 6.48. The van der Waals surface area contributed by atoms with Gasteiger partial charge in [-0.05, 0) is 19.0 Å². The van der Waals surface area contributed by atoms with Gasteiger partial charge in [0, 0.05) is 18.5 Å². The van der Waals surface area contributed by atoms with Gasteiger partial charge in [0.25, 0.3) is 0 Å². The van der Waals surface area contributed by atoms with Crippen LogP contribution in [0.3, 0.4) is 0 Å². The second-order valence-electron chi connectivity index (χ2n) is 5.52. The molecule has 0 amide bonds. The Morgan fingerprint density at radius 3 is 2.90 bits per heavy atom. The van der Waals surface area contributed by atoms with E-state index in [0.29, 0.717) is 19.8 Å². The maximum absolute atomic E-state index is 5.82. The van der Waals surface area contributed by atoms with Crippen LogP contribution in [0.2, 0.25) is 0 Å². The lowest BCUT2D eigenvalue weighted by atomic mass is 10.0. The highest BCUT2D eigenvalue weighted by molar-refractivity contribution is 5.33. The average molecular weight is 287 g/mol. The standard InChI is InChI=1S/C17H21NO3/c1-2-10-19-16-7-4-3-6-15(16)13-18-9-5-8-17(14-18)20-11-12-21-17/h1,3-4,6-7H,5,8-14H2. The first-order chi connectivity index (χ1) is 10.3. The third-order valence-electron chi connectivity index (χ3n) is 3.99. The zero-order chi connectivity index (χ0) is 14.5. The molecule has 112 valence electrons. The van der Waals surface area contributed by atoms with Gasteiger partial charge in [-0.3, -0.25) is 4.90 Å². The smallest absolute Gasteiger partial charge is 0.181 e. The number of piperidine rings is 1. The molecular weight excluding hydrogens is 266 g/mol. The van der Waals surface area contributed by atoms with E-state index in [2.05, 4.69) is 16.9 Å². The largest absolute Gasteiger partial charge is 0.481 e. The van der Waals surface area contributed by atoms with Crippen molar-refractivity contribution in [1.29, 1.82) is 0 Å².